The average Bonchev–Trinajstić information content (AvgIpc) is 3.16. The van der Waals surface area contributed by atoms with E-state index in [4.69, 9.17) is 18.9 Å². The Labute approximate surface area is 139 Å². The molecular formula is C17H20N2O5. The van der Waals surface area contributed by atoms with Crippen LogP contribution in [-0.2, 0) is 18.9 Å². The number of aromatic nitrogens is 2. The van der Waals surface area contributed by atoms with Crippen LogP contribution in [0.25, 0.3) is 10.9 Å². The van der Waals surface area contributed by atoms with Gasteiger partial charge in [-0.1, -0.05) is 11.6 Å². The Morgan fingerprint density at radius 3 is 2.79 bits per heavy atom. The number of carbonyl (C=O) groups excluding carboxylic acids is 1. The van der Waals surface area contributed by atoms with Crippen LogP contribution in [0.3, 0.4) is 0 Å². The van der Waals surface area contributed by atoms with Crippen LogP contribution in [0.15, 0.2) is 18.2 Å². The van der Waals surface area contributed by atoms with Gasteiger partial charge in [0.05, 0.1) is 5.52 Å². The summed E-state index contributed by atoms with van der Waals surface area (Å²) in [7, 11) is 1.52. The summed E-state index contributed by atoms with van der Waals surface area (Å²) in [6.45, 7) is 5.60. The third kappa shape index (κ3) is 2.36. The van der Waals surface area contributed by atoms with E-state index in [9.17, 15) is 4.79 Å². The summed E-state index contributed by atoms with van der Waals surface area (Å²) in [4.78, 5) is 13.0. The van der Waals surface area contributed by atoms with Crippen LogP contribution >= 0.6 is 0 Å². The number of Topliss-reactive ketones (excluding diaryl/α,β-unsaturated/α-hetero) is 1. The van der Waals surface area contributed by atoms with Crippen molar-refractivity contribution in [1.82, 2.24) is 10.2 Å². The van der Waals surface area contributed by atoms with Gasteiger partial charge in [-0.3, -0.25) is 9.89 Å². The Morgan fingerprint density at radius 1 is 1.29 bits per heavy atom. The first-order chi connectivity index (χ1) is 11.4. The number of fused-ring (bicyclic) bond motifs is 2. The molecule has 0 radical (unpaired) electrons. The smallest absolute Gasteiger partial charge is 0.215 e. The number of benzene rings is 1. The molecule has 2 fully saturated rings. The first kappa shape index (κ1) is 15.7. The van der Waals surface area contributed by atoms with E-state index >= 15 is 0 Å². The minimum atomic E-state index is -0.811. The van der Waals surface area contributed by atoms with Crippen molar-refractivity contribution in [3.8, 4) is 0 Å². The zero-order valence-electron chi connectivity index (χ0n) is 14.0. The average molecular weight is 332 g/mol. The Morgan fingerprint density at radius 2 is 2.04 bits per heavy atom. The molecule has 0 amide bonds. The third-order valence-corrected chi connectivity index (χ3v) is 4.45. The number of nitrogens with one attached hydrogen (secondary N) is 1. The van der Waals surface area contributed by atoms with Gasteiger partial charge in [0.1, 0.15) is 17.9 Å². The molecule has 1 aromatic heterocycles. The number of aromatic amines is 1. The van der Waals surface area contributed by atoms with Crippen LogP contribution in [0.1, 0.15) is 29.9 Å². The van der Waals surface area contributed by atoms with E-state index in [2.05, 4.69) is 10.2 Å². The standard InChI is InChI=1S/C17H20N2O5/c1-8-5-6-10-9(7-8)11(19-18-10)12(20)13-14-15(16(21-4)22-13)24-17(2,3)23-14/h5-7,13-16H,1-4H3,(H,18,19)/t13-,14-,15-,16+/m1/s1. The second kappa shape index (κ2) is 5.35. The van der Waals surface area contributed by atoms with Crippen LogP contribution in [-0.4, -0.2) is 53.5 Å². The van der Waals surface area contributed by atoms with Gasteiger partial charge in [-0.25, -0.2) is 0 Å². The normalized spacial score (nSPS) is 31.5. The summed E-state index contributed by atoms with van der Waals surface area (Å²) in [5, 5.41) is 7.86. The summed E-state index contributed by atoms with van der Waals surface area (Å²) in [6.07, 6.45) is -2.41. The maximum absolute atomic E-state index is 13.0. The van der Waals surface area contributed by atoms with Crippen molar-refractivity contribution in [1.29, 1.82) is 0 Å². The highest BCUT2D eigenvalue weighted by Crippen LogP contribution is 2.40. The molecule has 2 aliphatic heterocycles. The quantitative estimate of drug-likeness (QED) is 0.865. The van der Waals surface area contributed by atoms with E-state index in [0.29, 0.717) is 5.69 Å². The molecule has 3 heterocycles. The van der Waals surface area contributed by atoms with Gasteiger partial charge >= 0.3 is 0 Å². The van der Waals surface area contributed by atoms with Gasteiger partial charge < -0.3 is 18.9 Å². The van der Waals surface area contributed by atoms with E-state index < -0.39 is 30.4 Å². The number of carbonyl (C=O) groups is 1. The topological polar surface area (TPSA) is 82.7 Å². The Balaban J connectivity index is 1.70. The van der Waals surface area contributed by atoms with Crippen molar-refractivity contribution in [3.63, 3.8) is 0 Å². The lowest BCUT2D eigenvalue weighted by Crippen LogP contribution is -2.36. The highest BCUT2D eigenvalue weighted by atomic mass is 16.8. The molecule has 1 N–H and O–H groups in total. The number of rotatable bonds is 3. The number of hydrogen-bond acceptors (Lipinski definition) is 6. The third-order valence-electron chi connectivity index (χ3n) is 4.45. The lowest BCUT2D eigenvalue weighted by atomic mass is 10.0. The fourth-order valence-electron chi connectivity index (χ4n) is 3.41. The van der Waals surface area contributed by atoms with Crippen molar-refractivity contribution < 1.29 is 23.7 Å². The van der Waals surface area contributed by atoms with E-state index in [0.717, 1.165) is 16.5 Å². The molecule has 0 spiro atoms. The van der Waals surface area contributed by atoms with Gasteiger partial charge in [0.25, 0.3) is 0 Å². The number of nitrogens with zero attached hydrogens (tertiary/aromatic N) is 1. The zero-order valence-corrected chi connectivity index (χ0v) is 14.0. The van der Waals surface area contributed by atoms with Crippen molar-refractivity contribution in [2.75, 3.05) is 7.11 Å². The molecule has 0 aliphatic carbocycles. The fraction of sp³-hybridized carbons (Fsp3) is 0.529. The number of aryl methyl sites for hydroxylation is 1. The summed E-state index contributed by atoms with van der Waals surface area (Å²) < 4.78 is 22.8. The lowest BCUT2D eigenvalue weighted by molar-refractivity contribution is -0.220. The van der Waals surface area contributed by atoms with Gasteiger partial charge in [0, 0.05) is 12.5 Å². The van der Waals surface area contributed by atoms with Crippen LogP contribution in [0.5, 0.6) is 0 Å². The molecule has 7 nitrogen and oxygen atoms in total. The molecule has 4 atom stereocenters. The Bertz CT molecular complexity index is 799. The highest BCUT2D eigenvalue weighted by molar-refractivity contribution is 6.08. The summed E-state index contributed by atoms with van der Waals surface area (Å²) >= 11 is 0. The predicted molar refractivity (Wildman–Crippen MR) is 84.7 cm³/mol. The molecule has 1 aromatic carbocycles. The minimum absolute atomic E-state index is 0.234. The van der Waals surface area contributed by atoms with Crippen molar-refractivity contribution in [3.05, 3.63) is 29.5 Å². The molecule has 2 saturated heterocycles. The van der Waals surface area contributed by atoms with Crippen LogP contribution < -0.4 is 0 Å². The molecule has 0 bridgehead atoms. The van der Waals surface area contributed by atoms with Crippen LogP contribution in [0.4, 0.5) is 0 Å². The van der Waals surface area contributed by atoms with Crippen LogP contribution in [0.2, 0.25) is 0 Å². The van der Waals surface area contributed by atoms with Gasteiger partial charge in [-0.15, -0.1) is 0 Å². The van der Waals surface area contributed by atoms with E-state index in [1.165, 1.54) is 7.11 Å². The molecule has 2 aliphatic rings. The number of ketones is 1. The number of methoxy groups -OCH3 is 1. The summed E-state index contributed by atoms with van der Waals surface area (Å²) in [5.41, 5.74) is 2.22. The SMILES string of the molecule is CO[C@H]1O[C@H](C(=O)c2n[nH]c3ccc(C)cc23)[C@H]2OC(C)(C)O[C@@H]12. The monoisotopic (exact) mass is 332 g/mol. The van der Waals surface area contributed by atoms with Crippen molar-refractivity contribution >= 4 is 16.7 Å². The first-order valence-corrected chi connectivity index (χ1v) is 7.92. The first-order valence-electron chi connectivity index (χ1n) is 7.92. The molecule has 4 rings (SSSR count). The maximum Gasteiger partial charge on any atom is 0.215 e. The predicted octanol–water partition coefficient (Wildman–Crippen LogP) is 1.95. The fourth-order valence-corrected chi connectivity index (χ4v) is 3.41. The van der Waals surface area contributed by atoms with E-state index in [1.54, 1.807) is 0 Å². The summed E-state index contributed by atoms with van der Waals surface area (Å²) in [6, 6.07) is 5.81. The molecule has 128 valence electrons. The molecule has 0 unspecified atom stereocenters. The van der Waals surface area contributed by atoms with Gasteiger partial charge in [-0.05, 0) is 32.9 Å². The molecule has 2 aromatic rings. The number of ether oxygens (including phenoxy) is 4. The van der Waals surface area contributed by atoms with Crippen LogP contribution in [0, 0.1) is 6.92 Å². The molecule has 24 heavy (non-hydrogen) atoms. The largest absolute Gasteiger partial charge is 0.353 e. The molecular weight excluding hydrogens is 312 g/mol. The van der Waals surface area contributed by atoms with Gasteiger partial charge in [0.15, 0.2) is 18.2 Å². The maximum atomic E-state index is 13.0. The highest BCUT2D eigenvalue weighted by Gasteiger charge is 2.58. The van der Waals surface area contributed by atoms with Gasteiger partial charge in [0.2, 0.25) is 5.78 Å². The second-order valence-electron chi connectivity index (χ2n) is 6.71. The van der Waals surface area contributed by atoms with Crippen molar-refractivity contribution in [2.24, 2.45) is 0 Å². The zero-order chi connectivity index (χ0) is 17.1. The lowest BCUT2D eigenvalue weighted by Gasteiger charge is -2.22. The second-order valence-corrected chi connectivity index (χ2v) is 6.71. The Kier molecular flexibility index (Phi) is 3.50. The molecule has 7 heteroatoms. The molecule has 0 saturated carbocycles. The Hall–Kier alpha value is -1.80. The van der Waals surface area contributed by atoms with E-state index in [-0.39, 0.29) is 5.78 Å². The minimum Gasteiger partial charge on any atom is -0.353 e. The van der Waals surface area contributed by atoms with Gasteiger partial charge in [-0.2, -0.15) is 5.10 Å². The van der Waals surface area contributed by atoms with Crippen molar-refractivity contribution in [2.45, 2.75) is 51.2 Å². The summed E-state index contributed by atoms with van der Waals surface area (Å²) in [5.74, 6) is -1.01. The number of hydrogen-bond donors (Lipinski definition) is 1. The van der Waals surface area contributed by atoms with E-state index in [1.807, 2.05) is 39.0 Å². The number of H-pyrrole nitrogens is 1.